The lowest BCUT2D eigenvalue weighted by Gasteiger charge is -2.14. The molecule has 2 rings (SSSR count). The van der Waals surface area contributed by atoms with Gasteiger partial charge in [0.05, 0.1) is 16.8 Å². The molecule has 0 spiro atoms. The predicted octanol–water partition coefficient (Wildman–Crippen LogP) is 2.79. The Bertz CT molecular complexity index is 376. The Hall–Kier alpha value is -0.930. The van der Waals surface area contributed by atoms with Crippen molar-refractivity contribution < 1.29 is 9.47 Å². The molecule has 0 saturated carbocycles. The fraction of sp³-hybridized carbons (Fsp3) is 0.500. The number of rotatable bonds is 3. The SMILES string of the molecule is Cc1cc(N)c(Cl)cc1OCC1CCCO1. The summed E-state index contributed by atoms with van der Waals surface area (Å²) in [5.41, 5.74) is 7.28. The van der Waals surface area contributed by atoms with Crippen molar-refractivity contribution in [2.75, 3.05) is 18.9 Å². The number of hydrogen-bond donors (Lipinski definition) is 1. The van der Waals surface area contributed by atoms with Gasteiger partial charge < -0.3 is 15.2 Å². The maximum atomic E-state index is 5.94. The molecule has 0 aliphatic carbocycles. The first kappa shape index (κ1) is 11.6. The molecule has 1 aliphatic heterocycles. The molecule has 1 heterocycles. The first-order chi connectivity index (χ1) is 7.66. The van der Waals surface area contributed by atoms with E-state index in [0.29, 0.717) is 17.3 Å². The van der Waals surface area contributed by atoms with Gasteiger partial charge in [0.1, 0.15) is 12.4 Å². The number of nitrogens with two attached hydrogens (primary N) is 1. The highest BCUT2D eigenvalue weighted by Crippen LogP contribution is 2.28. The van der Waals surface area contributed by atoms with Crippen LogP contribution in [0.1, 0.15) is 18.4 Å². The molecule has 1 aliphatic rings. The van der Waals surface area contributed by atoms with Crippen molar-refractivity contribution in [3.63, 3.8) is 0 Å². The highest BCUT2D eigenvalue weighted by molar-refractivity contribution is 6.33. The standard InChI is InChI=1S/C12H16ClNO2/c1-8-5-11(14)10(13)6-12(8)16-7-9-3-2-4-15-9/h5-6,9H,2-4,7,14H2,1H3. The number of hydrogen-bond acceptors (Lipinski definition) is 3. The zero-order valence-corrected chi connectivity index (χ0v) is 10.1. The van der Waals surface area contributed by atoms with Gasteiger partial charge in [0.15, 0.2) is 0 Å². The fourth-order valence-corrected chi connectivity index (χ4v) is 1.95. The number of nitrogen functional groups attached to an aromatic ring is 1. The zero-order valence-electron chi connectivity index (χ0n) is 9.33. The summed E-state index contributed by atoms with van der Waals surface area (Å²) in [5.74, 6) is 0.787. The molecule has 1 atom stereocenters. The van der Waals surface area contributed by atoms with Crippen LogP contribution in [0.15, 0.2) is 12.1 Å². The molecule has 0 radical (unpaired) electrons. The molecule has 1 unspecified atom stereocenters. The summed E-state index contributed by atoms with van der Waals surface area (Å²) in [6.45, 7) is 3.38. The Morgan fingerprint density at radius 2 is 2.38 bits per heavy atom. The Morgan fingerprint density at radius 3 is 3.06 bits per heavy atom. The molecule has 0 bridgehead atoms. The second kappa shape index (κ2) is 4.93. The van der Waals surface area contributed by atoms with Crippen LogP contribution in [-0.2, 0) is 4.74 Å². The molecule has 2 N–H and O–H groups in total. The molecule has 1 aromatic carbocycles. The van der Waals surface area contributed by atoms with E-state index in [1.165, 1.54) is 0 Å². The maximum Gasteiger partial charge on any atom is 0.123 e. The van der Waals surface area contributed by atoms with E-state index in [-0.39, 0.29) is 6.10 Å². The molecule has 16 heavy (non-hydrogen) atoms. The van der Waals surface area contributed by atoms with Crippen molar-refractivity contribution >= 4 is 17.3 Å². The molecule has 88 valence electrons. The van der Waals surface area contributed by atoms with Gasteiger partial charge in [-0.2, -0.15) is 0 Å². The summed E-state index contributed by atoms with van der Waals surface area (Å²) in [6, 6.07) is 3.59. The van der Waals surface area contributed by atoms with Crippen molar-refractivity contribution in [2.45, 2.75) is 25.9 Å². The lowest BCUT2D eigenvalue weighted by atomic mass is 10.2. The van der Waals surface area contributed by atoms with E-state index in [9.17, 15) is 0 Å². The van der Waals surface area contributed by atoms with Crippen LogP contribution < -0.4 is 10.5 Å². The van der Waals surface area contributed by atoms with E-state index in [1.807, 2.05) is 13.0 Å². The topological polar surface area (TPSA) is 44.5 Å². The van der Waals surface area contributed by atoms with Crippen LogP contribution in [0.4, 0.5) is 5.69 Å². The number of halogens is 1. The summed E-state index contributed by atoms with van der Waals surface area (Å²) in [7, 11) is 0. The Labute approximate surface area is 100 Å². The molecule has 4 heteroatoms. The van der Waals surface area contributed by atoms with Gasteiger partial charge in [-0.1, -0.05) is 11.6 Å². The predicted molar refractivity (Wildman–Crippen MR) is 65.1 cm³/mol. The summed E-state index contributed by atoms with van der Waals surface area (Å²) >= 11 is 5.94. The normalized spacial score (nSPS) is 20.0. The van der Waals surface area contributed by atoms with Crippen LogP contribution in [-0.4, -0.2) is 19.3 Å². The fourth-order valence-electron chi connectivity index (χ4n) is 1.80. The first-order valence-corrected chi connectivity index (χ1v) is 5.84. The second-order valence-corrected chi connectivity index (χ2v) is 4.49. The molecule has 0 amide bonds. The van der Waals surface area contributed by atoms with Gasteiger partial charge in [0.25, 0.3) is 0 Å². The second-order valence-electron chi connectivity index (χ2n) is 4.09. The summed E-state index contributed by atoms with van der Waals surface area (Å²) in [4.78, 5) is 0. The molecular formula is C12H16ClNO2. The van der Waals surface area contributed by atoms with Gasteiger partial charge >= 0.3 is 0 Å². The van der Waals surface area contributed by atoms with Crippen LogP contribution in [0, 0.1) is 6.92 Å². The van der Waals surface area contributed by atoms with E-state index >= 15 is 0 Å². The van der Waals surface area contributed by atoms with E-state index in [0.717, 1.165) is 30.8 Å². The van der Waals surface area contributed by atoms with Gasteiger partial charge in [-0.15, -0.1) is 0 Å². The highest BCUT2D eigenvalue weighted by atomic mass is 35.5. The number of ether oxygens (including phenoxy) is 2. The third-order valence-corrected chi connectivity index (χ3v) is 3.07. The zero-order chi connectivity index (χ0) is 11.5. The Morgan fingerprint density at radius 1 is 1.56 bits per heavy atom. The smallest absolute Gasteiger partial charge is 0.123 e. The third kappa shape index (κ3) is 2.60. The quantitative estimate of drug-likeness (QED) is 0.828. The number of aryl methyl sites for hydroxylation is 1. The lowest BCUT2D eigenvalue weighted by Crippen LogP contribution is -2.16. The lowest BCUT2D eigenvalue weighted by molar-refractivity contribution is 0.0677. The van der Waals surface area contributed by atoms with Crippen LogP contribution in [0.5, 0.6) is 5.75 Å². The number of anilines is 1. The van der Waals surface area contributed by atoms with Crippen molar-refractivity contribution in [1.82, 2.24) is 0 Å². The minimum absolute atomic E-state index is 0.218. The molecule has 3 nitrogen and oxygen atoms in total. The average Bonchev–Trinajstić information content (AvgIpc) is 2.74. The monoisotopic (exact) mass is 241 g/mol. The van der Waals surface area contributed by atoms with Gasteiger partial charge in [-0.05, 0) is 31.4 Å². The maximum absolute atomic E-state index is 5.94. The molecule has 1 fully saturated rings. The van der Waals surface area contributed by atoms with Gasteiger partial charge in [0, 0.05) is 12.7 Å². The van der Waals surface area contributed by atoms with Gasteiger partial charge in [0.2, 0.25) is 0 Å². The minimum Gasteiger partial charge on any atom is -0.491 e. The molecular weight excluding hydrogens is 226 g/mol. The third-order valence-electron chi connectivity index (χ3n) is 2.74. The van der Waals surface area contributed by atoms with Crippen LogP contribution >= 0.6 is 11.6 Å². The van der Waals surface area contributed by atoms with E-state index in [1.54, 1.807) is 6.07 Å². The Balaban J connectivity index is 2.00. The van der Waals surface area contributed by atoms with Crippen molar-refractivity contribution in [3.8, 4) is 5.75 Å². The van der Waals surface area contributed by atoms with Crippen molar-refractivity contribution in [2.24, 2.45) is 0 Å². The van der Waals surface area contributed by atoms with E-state index in [4.69, 9.17) is 26.8 Å². The van der Waals surface area contributed by atoms with E-state index in [2.05, 4.69) is 0 Å². The minimum atomic E-state index is 0.218. The number of benzene rings is 1. The van der Waals surface area contributed by atoms with Crippen LogP contribution in [0.2, 0.25) is 5.02 Å². The first-order valence-electron chi connectivity index (χ1n) is 5.47. The summed E-state index contributed by atoms with van der Waals surface area (Å²) in [5, 5.41) is 0.535. The Kier molecular flexibility index (Phi) is 3.56. The molecule has 0 aromatic heterocycles. The van der Waals surface area contributed by atoms with Crippen molar-refractivity contribution in [1.29, 1.82) is 0 Å². The van der Waals surface area contributed by atoms with Gasteiger partial charge in [-0.25, -0.2) is 0 Å². The highest BCUT2D eigenvalue weighted by Gasteiger charge is 2.16. The summed E-state index contributed by atoms with van der Waals surface area (Å²) in [6.07, 6.45) is 2.41. The average molecular weight is 242 g/mol. The summed E-state index contributed by atoms with van der Waals surface area (Å²) < 4.78 is 11.2. The largest absolute Gasteiger partial charge is 0.491 e. The molecule has 1 saturated heterocycles. The van der Waals surface area contributed by atoms with Crippen LogP contribution in [0.3, 0.4) is 0 Å². The van der Waals surface area contributed by atoms with E-state index < -0.39 is 0 Å². The van der Waals surface area contributed by atoms with Gasteiger partial charge in [-0.3, -0.25) is 0 Å². The van der Waals surface area contributed by atoms with Crippen molar-refractivity contribution in [3.05, 3.63) is 22.7 Å². The molecule has 1 aromatic rings. The van der Waals surface area contributed by atoms with Crippen LogP contribution in [0.25, 0.3) is 0 Å².